The number of hydrogen-bond acceptors (Lipinski definition) is 5. The van der Waals surface area contributed by atoms with Gasteiger partial charge in [-0.2, -0.15) is 5.26 Å². The number of nitrogens with zero attached hydrogens (tertiary/aromatic N) is 2. The van der Waals surface area contributed by atoms with E-state index in [-0.39, 0.29) is 11.1 Å². The number of nitriles is 1. The number of Topliss-reactive ketones (excluding diaryl/α,β-unsaturated/α-hetero) is 1. The topological polar surface area (TPSA) is 70.4 Å². The van der Waals surface area contributed by atoms with Gasteiger partial charge in [0, 0.05) is 25.3 Å². The molecule has 0 aliphatic rings. The van der Waals surface area contributed by atoms with Gasteiger partial charge in [0.2, 0.25) is 0 Å². The van der Waals surface area contributed by atoms with Gasteiger partial charge in [0.05, 0.1) is 0 Å². The number of hydrogen-bond donors (Lipinski definition) is 0. The van der Waals surface area contributed by atoms with E-state index in [1.54, 1.807) is 18.2 Å². The number of halogens is 1. The molecule has 0 radical (unpaired) electrons. The average molecular weight is 352 g/mol. The third-order valence-electron chi connectivity index (χ3n) is 3.56. The van der Waals surface area contributed by atoms with Gasteiger partial charge in [-0.05, 0) is 48.0 Å². The van der Waals surface area contributed by atoms with Crippen LogP contribution in [0.25, 0.3) is 6.08 Å². The summed E-state index contributed by atoms with van der Waals surface area (Å²) in [5, 5.41) is 9.16. The van der Waals surface area contributed by atoms with Crippen molar-refractivity contribution in [2.24, 2.45) is 0 Å². The Kier molecular flexibility index (Phi) is 6.23. The number of ether oxygens (including phenoxy) is 1. The minimum atomic E-state index is -0.889. The SMILES string of the molecule is CN(C)c1ccc(/C=C(\C#N)C(=O)OCC(=O)c2ccc(F)cc2)cc1. The molecule has 0 bridgehead atoms. The van der Waals surface area contributed by atoms with E-state index in [9.17, 15) is 14.0 Å². The molecule has 0 amide bonds. The van der Waals surface area contributed by atoms with E-state index in [1.807, 2.05) is 31.1 Å². The van der Waals surface area contributed by atoms with Crippen LogP contribution in [0, 0.1) is 17.1 Å². The summed E-state index contributed by atoms with van der Waals surface area (Å²) in [7, 11) is 3.81. The number of ketones is 1. The van der Waals surface area contributed by atoms with Gasteiger partial charge in [-0.3, -0.25) is 4.79 Å². The number of benzene rings is 2. The molecule has 0 aliphatic heterocycles. The van der Waals surface area contributed by atoms with Gasteiger partial charge >= 0.3 is 5.97 Å². The molecule has 0 saturated carbocycles. The molecule has 2 rings (SSSR count). The van der Waals surface area contributed by atoms with Crippen molar-refractivity contribution in [3.8, 4) is 6.07 Å². The minimum absolute atomic E-state index is 0.213. The molecule has 0 aliphatic carbocycles. The molecule has 0 saturated heterocycles. The first-order valence-electron chi connectivity index (χ1n) is 7.76. The molecule has 2 aromatic rings. The molecule has 5 nitrogen and oxygen atoms in total. The molecular weight excluding hydrogens is 335 g/mol. The third kappa shape index (κ3) is 5.02. The molecule has 132 valence electrons. The number of carbonyl (C=O) groups is 2. The fourth-order valence-corrected chi connectivity index (χ4v) is 2.10. The summed E-state index contributed by atoms with van der Waals surface area (Å²) in [5.74, 6) is -1.83. The molecule has 0 aromatic heterocycles. The quantitative estimate of drug-likeness (QED) is 0.345. The molecule has 0 fully saturated rings. The summed E-state index contributed by atoms with van der Waals surface area (Å²) in [6.45, 7) is -0.525. The summed E-state index contributed by atoms with van der Waals surface area (Å²) in [6.07, 6.45) is 1.39. The molecule has 2 aromatic carbocycles. The summed E-state index contributed by atoms with van der Waals surface area (Å²) >= 11 is 0. The van der Waals surface area contributed by atoms with Crippen molar-refractivity contribution in [2.45, 2.75) is 0 Å². The van der Waals surface area contributed by atoms with Crippen molar-refractivity contribution in [2.75, 3.05) is 25.6 Å². The lowest BCUT2D eigenvalue weighted by Crippen LogP contribution is -2.15. The second kappa shape index (κ2) is 8.58. The molecule has 0 atom stereocenters. The van der Waals surface area contributed by atoms with Crippen LogP contribution in [-0.4, -0.2) is 32.5 Å². The smallest absolute Gasteiger partial charge is 0.349 e. The van der Waals surface area contributed by atoms with Crippen LogP contribution in [0.5, 0.6) is 0 Å². The van der Waals surface area contributed by atoms with Crippen LogP contribution >= 0.6 is 0 Å². The van der Waals surface area contributed by atoms with Gasteiger partial charge < -0.3 is 9.64 Å². The zero-order valence-corrected chi connectivity index (χ0v) is 14.4. The van der Waals surface area contributed by atoms with Crippen LogP contribution < -0.4 is 4.90 Å². The van der Waals surface area contributed by atoms with Crippen LogP contribution in [0.15, 0.2) is 54.1 Å². The predicted molar refractivity (Wildman–Crippen MR) is 96.0 cm³/mol. The van der Waals surface area contributed by atoms with Gasteiger partial charge in [0.25, 0.3) is 0 Å². The fourth-order valence-electron chi connectivity index (χ4n) is 2.10. The highest BCUT2D eigenvalue weighted by Crippen LogP contribution is 2.15. The predicted octanol–water partition coefficient (Wildman–Crippen LogP) is 3.22. The van der Waals surface area contributed by atoms with Crippen molar-refractivity contribution in [1.82, 2.24) is 0 Å². The molecule has 26 heavy (non-hydrogen) atoms. The first-order valence-corrected chi connectivity index (χ1v) is 7.76. The molecule has 6 heteroatoms. The van der Waals surface area contributed by atoms with Gasteiger partial charge in [-0.25, -0.2) is 9.18 Å². The first kappa shape index (κ1) is 18.9. The zero-order valence-electron chi connectivity index (χ0n) is 14.4. The Labute approximate surface area is 150 Å². The van der Waals surface area contributed by atoms with Crippen molar-refractivity contribution in [3.05, 3.63) is 71.0 Å². The van der Waals surface area contributed by atoms with Crippen LogP contribution in [0.2, 0.25) is 0 Å². The lowest BCUT2D eigenvalue weighted by molar-refractivity contribution is -0.137. The number of esters is 1. The Bertz CT molecular complexity index is 863. The average Bonchev–Trinajstić information content (AvgIpc) is 2.64. The van der Waals surface area contributed by atoms with Crippen molar-refractivity contribution >= 4 is 23.5 Å². The zero-order chi connectivity index (χ0) is 19.1. The summed E-state index contributed by atoms with van der Waals surface area (Å²) in [6, 6.07) is 13.9. The first-order chi connectivity index (χ1) is 12.4. The van der Waals surface area contributed by atoms with Gasteiger partial charge in [0.15, 0.2) is 12.4 Å². The second-order valence-corrected chi connectivity index (χ2v) is 5.66. The van der Waals surface area contributed by atoms with Crippen molar-refractivity contribution < 1.29 is 18.7 Å². The van der Waals surface area contributed by atoms with Crippen LogP contribution in [0.1, 0.15) is 15.9 Å². The summed E-state index contributed by atoms with van der Waals surface area (Å²) in [5.41, 5.74) is 1.65. The van der Waals surface area contributed by atoms with E-state index >= 15 is 0 Å². The number of anilines is 1. The van der Waals surface area contributed by atoms with Crippen molar-refractivity contribution in [1.29, 1.82) is 5.26 Å². The lowest BCUT2D eigenvalue weighted by atomic mass is 10.1. The molecular formula is C20H17FN2O3. The Hall–Kier alpha value is -3.46. The fraction of sp³-hybridized carbons (Fsp3) is 0.150. The van der Waals surface area contributed by atoms with Crippen LogP contribution in [-0.2, 0) is 9.53 Å². The highest BCUT2D eigenvalue weighted by molar-refractivity contribution is 6.01. The maximum atomic E-state index is 12.8. The standard InChI is InChI=1S/C20H17FN2O3/c1-23(2)18-9-3-14(4-10-18)11-16(12-22)20(25)26-13-19(24)15-5-7-17(21)8-6-15/h3-11H,13H2,1-2H3/b16-11+. The van der Waals surface area contributed by atoms with Crippen LogP contribution in [0.4, 0.5) is 10.1 Å². The molecule has 0 unspecified atom stereocenters. The minimum Gasteiger partial charge on any atom is -0.453 e. The largest absolute Gasteiger partial charge is 0.453 e. The number of carbonyl (C=O) groups excluding carboxylic acids is 2. The normalized spacial score (nSPS) is 10.8. The molecule has 0 N–H and O–H groups in total. The van der Waals surface area contributed by atoms with E-state index in [0.29, 0.717) is 5.56 Å². The highest BCUT2D eigenvalue weighted by atomic mass is 19.1. The Morgan fingerprint density at radius 1 is 1.12 bits per heavy atom. The Balaban J connectivity index is 2.02. The van der Waals surface area contributed by atoms with Crippen molar-refractivity contribution in [3.63, 3.8) is 0 Å². The maximum absolute atomic E-state index is 12.8. The van der Waals surface area contributed by atoms with E-state index in [0.717, 1.165) is 17.8 Å². The number of rotatable bonds is 6. The van der Waals surface area contributed by atoms with E-state index in [2.05, 4.69) is 0 Å². The Morgan fingerprint density at radius 2 is 1.73 bits per heavy atom. The lowest BCUT2D eigenvalue weighted by Gasteiger charge is -2.11. The van der Waals surface area contributed by atoms with Gasteiger partial charge in [0.1, 0.15) is 17.5 Å². The maximum Gasteiger partial charge on any atom is 0.349 e. The van der Waals surface area contributed by atoms with Gasteiger partial charge in [-0.15, -0.1) is 0 Å². The summed E-state index contributed by atoms with van der Waals surface area (Å²) in [4.78, 5) is 25.9. The summed E-state index contributed by atoms with van der Waals surface area (Å²) < 4.78 is 17.7. The molecule has 0 heterocycles. The van der Waals surface area contributed by atoms with Crippen LogP contribution in [0.3, 0.4) is 0 Å². The van der Waals surface area contributed by atoms with E-state index in [4.69, 9.17) is 10.00 Å². The van der Waals surface area contributed by atoms with E-state index < -0.39 is 24.2 Å². The highest BCUT2D eigenvalue weighted by Gasteiger charge is 2.14. The van der Waals surface area contributed by atoms with Gasteiger partial charge in [-0.1, -0.05) is 12.1 Å². The van der Waals surface area contributed by atoms with E-state index in [1.165, 1.54) is 18.2 Å². The monoisotopic (exact) mass is 352 g/mol. The molecule has 0 spiro atoms. The Morgan fingerprint density at radius 3 is 2.27 bits per heavy atom. The third-order valence-corrected chi connectivity index (χ3v) is 3.56. The second-order valence-electron chi connectivity index (χ2n) is 5.66.